The molecule has 1 fully saturated rings. The lowest BCUT2D eigenvalue weighted by molar-refractivity contribution is -0.131. The van der Waals surface area contributed by atoms with Crippen LogP contribution in [0.5, 0.6) is 0 Å². The maximum Gasteiger partial charge on any atom is 0.267 e. The summed E-state index contributed by atoms with van der Waals surface area (Å²) < 4.78 is 5.63. The number of hydrogen-bond donors (Lipinski definition) is 0. The summed E-state index contributed by atoms with van der Waals surface area (Å²) in [7, 11) is 0. The Morgan fingerprint density at radius 2 is 2.00 bits per heavy atom. The topological polar surface area (TPSA) is 84.2 Å². The molecule has 1 atom stereocenters. The maximum atomic E-state index is 12.6. The van der Waals surface area contributed by atoms with E-state index in [1.807, 2.05) is 24.1 Å². The van der Waals surface area contributed by atoms with Gasteiger partial charge in [0.1, 0.15) is 4.88 Å². The molecule has 3 heterocycles. The van der Waals surface area contributed by atoms with Crippen molar-refractivity contribution in [3.8, 4) is 0 Å². The minimum absolute atomic E-state index is 0.0226. The Balaban J connectivity index is 1.57. The molecule has 0 radical (unpaired) electrons. The summed E-state index contributed by atoms with van der Waals surface area (Å²) in [6.07, 6.45) is 4.77. The molecular weight excluding hydrogens is 340 g/mol. The zero-order valence-electron chi connectivity index (χ0n) is 14.5. The van der Waals surface area contributed by atoms with E-state index in [1.165, 1.54) is 0 Å². The van der Waals surface area contributed by atoms with Crippen LogP contribution in [0, 0.1) is 6.92 Å². The summed E-state index contributed by atoms with van der Waals surface area (Å²) in [5.74, 6) is 0.0691. The molecule has 3 rings (SSSR count). The quantitative estimate of drug-likeness (QED) is 0.820. The summed E-state index contributed by atoms with van der Waals surface area (Å²) in [5.41, 5.74) is 0.667. The first-order chi connectivity index (χ1) is 12.1. The van der Waals surface area contributed by atoms with Gasteiger partial charge in [-0.05, 0) is 37.9 Å². The third-order valence-corrected chi connectivity index (χ3v) is 5.24. The van der Waals surface area contributed by atoms with E-state index in [1.54, 1.807) is 22.7 Å². The van der Waals surface area contributed by atoms with E-state index >= 15 is 0 Å². The van der Waals surface area contributed by atoms with E-state index in [2.05, 4.69) is 14.7 Å². The van der Waals surface area contributed by atoms with Gasteiger partial charge >= 0.3 is 0 Å². The molecule has 0 bridgehead atoms. The first-order valence-electron chi connectivity index (χ1n) is 8.41. The van der Waals surface area contributed by atoms with Gasteiger partial charge in [0.15, 0.2) is 0 Å². The van der Waals surface area contributed by atoms with Crippen molar-refractivity contribution in [1.82, 2.24) is 29.2 Å². The average Bonchev–Trinajstić information content (AvgIpc) is 3.21. The van der Waals surface area contributed by atoms with Crippen LogP contribution >= 0.6 is 11.5 Å². The van der Waals surface area contributed by atoms with Crippen molar-refractivity contribution in [2.45, 2.75) is 32.7 Å². The summed E-state index contributed by atoms with van der Waals surface area (Å²) in [4.78, 5) is 29.4. The SMILES string of the molecule is Cc1nnsc1C(=O)N1CCCN(C(=O)CC(C)n2cccn2)CC1. The molecule has 0 aromatic carbocycles. The largest absolute Gasteiger partial charge is 0.341 e. The molecule has 0 N–H and O–H groups in total. The zero-order chi connectivity index (χ0) is 17.8. The molecule has 1 aliphatic heterocycles. The highest BCUT2D eigenvalue weighted by molar-refractivity contribution is 7.07. The fraction of sp³-hybridized carbons (Fsp3) is 0.562. The lowest BCUT2D eigenvalue weighted by Gasteiger charge is -2.23. The highest BCUT2D eigenvalue weighted by Crippen LogP contribution is 2.16. The zero-order valence-corrected chi connectivity index (χ0v) is 15.3. The van der Waals surface area contributed by atoms with Crippen molar-refractivity contribution in [3.63, 3.8) is 0 Å². The van der Waals surface area contributed by atoms with E-state index in [0.29, 0.717) is 43.2 Å². The lowest BCUT2D eigenvalue weighted by atomic mass is 10.2. The van der Waals surface area contributed by atoms with Crippen LogP contribution in [0.2, 0.25) is 0 Å². The number of hydrogen-bond acceptors (Lipinski definition) is 6. The summed E-state index contributed by atoms with van der Waals surface area (Å²) >= 11 is 1.13. The Morgan fingerprint density at radius 1 is 1.24 bits per heavy atom. The lowest BCUT2D eigenvalue weighted by Crippen LogP contribution is -2.37. The van der Waals surface area contributed by atoms with Crippen molar-refractivity contribution >= 4 is 23.3 Å². The molecule has 2 aromatic rings. The van der Waals surface area contributed by atoms with Crippen molar-refractivity contribution in [3.05, 3.63) is 29.0 Å². The van der Waals surface area contributed by atoms with Crippen molar-refractivity contribution < 1.29 is 9.59 Å². The van der Waals surface area contributed by atoms with Gasteiger partial charge in [0, 0.05) is 45.0 Å². The molecule has 25 heavy (non-hydrogen) atoms. The predicted molar refractivity (Wildman–Crippen MR) is 93.3 cm³/mol. The Hall–Kier alpha value is -2.29. The van der Waals surface area contributed by atoms with Crippen LogP contribution in [-0.4, -0.2) is 67.2 Å². The minimum atomic E-state index is -0.0355. The third-order valence-electron chi connectivity index (χ3n) is 4.43. The minimum Gasteiger partial charge on any atom is -0.341 e. The summed E-state index contributed by atoms with van der Waals surface area (Å²) in [6.45, 7) is 6.20. The fourth-order valence-electron chi connectivity index (χ4n) is 2.96. The molecule has 8 nitrogen and oxygen atoms in total. The third kappa shape index (κ3) is 4.04. The fourth-order valence-corrected chi connectivity index (χ4v) is 3.58. The number of aryl methyl sites for hydroxylation is 1. The molecule has 1 unspecified atom stereocenters. The van der Waals surface area contributed by atoms with Crippen molar-refractivity contribution in [2.75, 3.05) is 26.2 Å². The number of nitrogens with zero attached hydrogens (tertiary/aromatic N) is 6. The Morgan fingerprint density at radius 3 is 2.68 bits per heavy atom. The summed E-state index contributed by atoms with van der Waals surface area (Å²) in [5, 5.41) is 8.09. The van der Waals surface area contributed by atoms with E-state index in [-0.39, 0.29) is 17.9 Å². The molecule has 1 aliphatic rings. The Kier molecular flexibility index (Phi) is 5.42. The van der Waals surface area contributed by atoms with Gasteiger partial charge in [-0.25, -0.2) is 0 Å². The van der Waals surface area contributed by atoms with E-state index in [9.17, 15) is 9.59 Å². The highest BCUT2D eigenvalue weighted by atomic mass is 32.1. The number of carbonyl (C=O) groups excluding carboxylic acids is 2. The smallest absolute Gasteiger partial charge is 0.267 e. The van der Waals surface area contributed by atoms with Crippen LogP contribution in [0.15, 0.2) is 18.5 Å². The van der Waals surface area contributed by atoms with Gasteiger partial charge in [0.25, 0.3) is 5.91 Å². The molecular formula is C16H22N6O2S. The molecule has 0 spiro atoms. The standard InChI is InChI=1S/C16H22N6O2S/c1-12(22-8-3-5-17-22)11-14(23)20-6-4-7-21(10-9-20)16(24)15-13(2)18-19-25-15/h3,5,8,12H,4,6-7,9-11H2,1-2H3. The van der Waals surface area contributed by atoms with Gasteiger partial charge < -0.3 is 9.80 Å². The van der Waals surface area contributed by atoms with Crippen LogP contribution in [0.3, 0.4) is 0 Å². The van der Waals surface area contributed by atoms with Crippen LogP contribution in [0.1, 0.15) is 41.2 Å². The second-order valence-corrected chi connectivity index (χ2v) is 7.01. The van der Waals surface area contributed by atoms with Gasteiger partial charge in [-0.3, -0.25) is 14.3 Å². The second-order valence-electron chi connectivity index (χ2n) is 6.25. The van der Waals surface area contributed by atoms with Crippen molar-refractivity contribution in [1.29, 1.82) is 0 Å². The monoisotopic (exact) mass is 362 g/mol. The Bertz CT molecular complexity index is 729. The van der Waals surface area contributed by atoms with Crippen molar-refractivity contribution in [2.24, 2.45) is 0 Å². The first-order valence-corrected chi connectivity index (χ1v) is 9.18. The van der Waals surface area contributed by atoms with Gasteiger partial charge in [-0.15, -0.1) is 5.10 Å². The molecule has 2 amide bonds. The van der Waals surface area contributed by atoms with Crippen LogP contribution < -0.4 is 0 Å². The van der Waals surface area contributed by atoms with Gasteiger partial charge in [-0.1, -0.05) is 4.49 Å². The normalized spacial score (nSPS) is 16.6. The van der Waals surface area contributed by atoms with Gasteiger partial charge in [0.05, 0.1) is 11.7 Å². The maximum absolute atomic E-state index is 12.6. The molecule has 134 valence electrons. The van der Waals surface area contributed by atoms with Crippen LogP contribution in [0.25, 0.3) is 0 Å². The van der Waals surface area contributed by atoms with E-state index in [4.69, 9.17) is 0 Å². The highest BCUT2D eigenvalue weighted by Gasteiger charge is 2.25. The first kappa shape index (κ1) is 17.5. The molecule has 1 saturated heterocycles. The second kappa shape index (κ2) is 7.73. The molecule has 0 aliphatic carbocycles. The van der Waals surface area contributed by atoms with E-state index in [0.717, 1.165) is 18.0 Å². The predicted octanol–water partition coefficient (Wildman–Crippen LogP) is 1.37. The van der Waals surface area contributed by atoms with Crippen LogP contribution in [0.4, 0.5) is 0 Å². The van der Waals surface area contributed by atoms with Gasteiger partial charge in [-0.2, -0.15) is 5.10 Å². The summed E-state index contributed by atoms with van der Waals surface area (Å²) in [6, 6.07) is 1.88. The number of rotatable bonds is 4. The molecule has 9 heteroatoms. The average molecular weight is 362 g/mol. The van der Waals surface area contributed by atoms with Crippen LogP contribution in [-0.2, 0) is 4.79 Å². The number of aromatic nitrogens is 4. The van der Waals surface area contributed by atoms with E-state index < -0.39 is 0 Å². The van der Waals surface area contributed by atoms with Gasteiger partial charge in [0.2, 0.25) is 5.91 Å². The molecule has 0 saturated carbocycles. The molecule has 2 aromatic heterocycles. The number of carbonyl (C=O) groups is 2. The number of amides is 2. The Labute approximate surface area is 150 Å².